The Morgan fingerprint density at radius 1 is 0.760 bits per heavy atom. The molecule has 3 heterocycles. The van der Waals surface area contributed by atoms with Crippen LogP contribution in [0.5, 0.6) is 0 Å². The molecule has 0 atom stereocenters. The molecule has 0 saturated carbocycles. The van der Waals surface area contributed by atoms with Gasteiger partial charge in [0.2, 0.25) is 0 Å². The zero-order valence-corrected chi connectivity index (χ0v) is 13.9. The maximum atomic E-state index is 4.29. The van der Waals surface area contributed by atoms with Crippen molar-refractivity contribution in [1.29, 1.82) is 0 Å². The number of benzene rings is 2. The number of hydrogen-bond donors (Lipinski definition) is 1. The second-order valence-corrected chi connectivity index (χ2v) is 6.43. The molecule has 124 valence electrons. The Hall–Kier alpha value is -3.08. The lowest BCUT2D eigenvalue weighted by Gasteiger charge is -2.14. The average Bonchev–Trinajstić information content (AvgIpc) is 3.42. The average molecular weight is 329 g/mol. The molecule has 3 aromatic rings. The third-order valence-corrected chi connectivity index (χ3v) is 4.83. The fourth-order valence-corrected chi connectivity index (χ4v) is 3.43. The normalized spacial score (nSPS) is 16.5. The van der Waals surface area contributed by atoms with Crippen molar-refractivity contribution in [2.75, 3.05) is 36.0 Å². The maximum absolute atomic E-state index is 4.29. The van der Waals surface area contributed by atoms with Gasteiger partial charge in [0.05, 0.1) is 25.8 Å². The fraction of sp³-hybridized carbons (Fsp3) is 0.200. The second-order valence-electron chi connectivity index (χ2n) is 6.43. The number of anilines is 2. The molecule has 5 heteroatoms. The molecule has 5 rings (SSSR count). The first-order valence-corrected chi connectivity index (χ1v) is 8.63. The number of H-pyrrole nitrogens is 1. The highest BCUT2D eigenvalue weighted by Crippen LogP contribution is 2.29. The Balaban J connectivity index is 1.45. The Labute approximate surface area is 146 Å². The molecule has 25 heavy (non-hydrogen) atoms. The van der Waals surface area contributed by atoms with Gasteiger partial charge in [0, 0.05) is 41.1 Å². The molecular weight excluding hydrogens is 310 g/mol. The lowest BCUT2D eigenvalue weighted by atomic mass is 10.1. The number of aromatic nitrogens is 1. The Bertz CT molecular complexity index is 967. The van der Waals surface area contributed by atoms with Crippen molar-refractivity contribution in [3.05, 3.63) is 48.5 Å². The van der Waals surface area contributed by atoms with Crippen LogP contribution in [0.15, 0.2) is 58.5 Å². The molecule has 0 saturated heterocycles. The van der Waals surface area contributed by atoms with Crippen molar-refractivity contribution in [1.82, 2.24) is 4.98 Å². The van der Waals surface area contributed by atoms with E-state index in [2.05, 4.69) is 73.3 Å². The van der Waals surface area contributed by atoms with E-state index in [1.165, 1.54) is 22.3 Å². The minimum absolute atomic E-state index is 0.877. The van der Waals surface area contributed by atoms with Gasteiger partial charge in [-0.25, -0.2) is 0 Å². The second kappa shape index (κ2) is 5.77. The quantitative estimate of drug-likeness (QED) is 0.799. The maximum Gasteiger partial charge on any atom is 0.0895 e. The van der Waals surface area contributed by atoms with Gasteiger partial charge >= 0.3 is 0 Å². The van der Waals surface area contributed by atoms with Crippen molar-refractivity contribution in [3.63, 3.8) is 0 Å². The van der Waals surface area contributed by atoms with Crippen LogP contribution in [0.1, 0.15) is 0 Å². The van der Waals surface area contributed by atoms with Gasteiger partial charge in [-0.1, -0.05) is 18.2 Å². The first kappa shape index (κ1) is 14.3. The van der Waals surface area contributed by atoms with Crippen LogP contribution in [-0.4, -0.2) is 43.8 Å². The van der Waals surface area contributed by atoms with Crippen molar-refractivity contribution >= 4 is 35.0 Å². The van der Waals surface area contributed by atoms with E-state index in [0.29, 0.717) is 0 Å². The van der Waals surface area contributed by atoms with E-state index in [1.54, 1.807) is 0 Å². The van der Waals surface area contributed by atoms with E-state index >= 15 is 0 Å². The molecule has 2 aliphatic heterocycles. The van der Waals surface area contributed by atoms with Crippen molar-refractivity contribution in [2.24, 2.45) is 9.98 Å². The molecule has 0 spiro atoms. The van der Waals surface area contributed by atoms with Gasteiger partial charge in [-0.3, -0.25) is 9.98 Å². The van der Waals surface area contributed by atoms with Crippen LogP contribution in [0.2, 0.25) is 0 Å². The molecule has 1 aromatic heterocycles. The number of nitrogens with one attached hydrogen (secondary N) is 1. The molecule has 1 N–H and O–H groups in total. The molecule has 0 aliphatic carbocycles. The summed E-state index contributed by atoms with van der Waals surface area (Å²) in [4.78, 5) is 16.5. The zero-order valence-electron chi connectivity index (χ0n) is 13.9. The predicted molar refractivity (Wildman–Crippen MR) is 105 cm³/mol. The van der Waals surface area contributed by atoms with E-state index in [1.807, 2.05) is 12.7 Å². The van der Waals surface area contributed by atoms with Crippen LogP contribution >= 0.6 is 0 Å². The molecule has 0 bridgehead atoms. The minimum atomic E-state index is 0.877. The first-order chi connectivity index (χ1) is 12.4. The smallest absolute Gasteiger partial charge is 0.0895 e. The summed E-state index contributed by atoms with van der Waals surface area (Å²) in [5.41, 5.74) is 5.87. The van der Waals surface area contributed by atoms with Gasteiger partial charge < -0.3 is 14.8 Å². The third kappa shape index (κ3) is 2.58. The van der Waals surface area contributed by atoms with Crippen molar-refractivity contribution in [3.8, 4) is 11.3 Å². The number of aromatic amines is 1. The van der Waals surface area contributed by atoms with E-state index in [4.69, 9.17) is 0 Å². The largest absolute Gasteiger partial charge is 0.354 e. The molecule has 5 nitrogen and oxygen atoms in total. The SMILES string of the molecule is C1=NCCN1c1ccc(-c2cc3ccc(N4C=NCC4)cc3[nH]2)cc1. The number of rotatable bonds is 3. The van der Waals surface area contributed by atoms with Crippen LogP contribution in [0.4, 0.5) is 11.4 Å². The van der Waals surface area contributed by atoms with Gasteiger partial charge in [0.15, 0.2) is 0 Å². The standard InChI is InChI=1S/C20H19N5/c1-4-17(24-9-7-21-13-24)5-2-15(1)19-11-16-3-6-18(12-20(16)23-19)25-10-8-22-14-25/h1-6,11-14,23H,7-10H2. The summed E-state index contributed by atoms with van der Waals surface area (Å²) in [7, 11) is 0. The monoisotopic (exact) mass is 329 g/mol. The summed E-state index contributed by atoms with van der Waals surface area (Å²) in [6.07, 6.45) is 3.84. The lowest BCUT2D eigenvalue weighted by Crippen LogP contribution is -2.17. The summed E-state index contributed by atoms with van der Waals surface area (Å²) in [5.74, 6) is 0. The predicted octanol–water partition coefficient (Wildman–Crippen LogP) is 3.53. The van der Waals surface area contributed by atoms with Gasteiger partial charge in [0.1, 0.15) is 0 Å². The highest BCUT2D eigenvalue weighted by Gasteiger charge is 2.11. The third-order valence-electron chi connectivity index (χ3n) is 4.83. The number of hydrogen-bond acceptors (Lipinski definition) is 4. The van der Waals surface area contributed by atoms with Gasteiger partial charge in [-0.05, 0) is 35.9 Å². The van der Waals surface area contributed by atoms with Crippen LogP contribution < -0.4 is 9.80 Å². The van der Waals surface area contributed by atoms with Crippen LogP contribution in [0.3, 0.4) is 0 Å². The zero-order chi connectivity index (χ0) is 16.6. The van der Waals surface area contributed by atoms with E-state index in [-0.39, 0.29) is 0 Å². The summed E-state index contributed by atoms with van der Waals surface area (Å²) < 4.78 is 0. The van der Waals surface area contributed by atoms with E-state index in [9.17, 15) is 0 Å². The molecule has 0 fully saturated rings. The fourth-order valence-electron chi connectivity index (χ4n) is 3.43. The Kier molecular flexibility index (Phi) is 3.30. The number of aliphatic imine (C=N–C) groups is 2. The summed E-state index contributed by atoms with van der Waals surface area (Å²) in [6, 6.07) is 17.4. The molecule has 2 aliphatic rings. The van der Waals surface area contributed by atoms with Gasteiger partial charge in [-0.2, -0.15) is 0 Å². The Morgan fingerprint density at radius 2 is 1.44 bits per heavy atom. The minimum Gasteiger partial charge on any atom is -0.354 e. The molecule has 0 amide bonds. The van der Waals surface area contributed by atoms with Crippen molar-refractivity contribution in [2.45, 2.75) is 0 Å². The highest BCUT2D eigenvalue weighted by atomic mass is 15.2. The van der Waals surface area contributed by atoms with E-state index < -0.39 is 0 Å². The van der Waals surface area contributed by atoms with Gasteiger partial charge in [-0.15, -0.1) is 0 Å². The van der Waals surface area contributed by atoms with Crippen LogP contribution in [0, 0.1) is 0 Å². The van der Waals surface area contributed by atoms with E-state index in [0.717, 1.165) is 37.4 Å². The molecular formula is C20H19N5. The van der Waals surface area contributed by atoms with Gasteiger partial charge in [0.25, 0.3) is 0 Å². The molecule has 0 radical (unpaired) electrons. The molecule has 2 aromatic carbocycles. The first-order valence-electron chi connectivity index (χ1n) is 8.63. The lowest BCUT2D eigenvalue weighted by molar-refractivity contribution is 1.02. The Morgan fingerprint density at radius 3 is 2.12 bits per heavy atom. The summed E-state index contributed by atoms with van der Waals surface area (Å²) >= 11 is 0. The number of nitrogens with zero attached hydrogens (tertiary/aromatic N) is 4. The summed E-state index contributed by atoms with van der Waals surface area (Å²) in [6.45, 7) is 3.69. The highest BCUT2D eigenvalue weighted by molar-refractivity contribution is 5.91. The molecule has 0 unspecified atom stereocenters. The topological polar surface area (TPSA) is 47.0 Å². The van der Waals surface area contributed by atoms with Crippen molar-refractivity contribution < 1.29 is 0 Å². The van der Waals surface area contributed by atoms with Crippen LogP contribution in [0.25, 0.3) is 22.2 Å². The van der Waals surface area contributed by atoms with Crippen LogP contribution in [-0.2, 0) is 0 Å². The number of fused-ring (bicyclic) bond motifs is 1. The summed E-state index contributed by atoms with van der Waals surface area (Å²) in [5, 5.41) is 1.23.